The average Bonchev–Trinajstić information content (AvgIpc) is 3.09. The van der Waals surface area contributed by atoms with Gasteiger partial charge >= 0.3 is 5.97 Å². The summed E-state index contributed by atoms with van der Waals surface area (Å²) in [6.07, 6.45) is 3.63. The van der Waals surface area contributed by atoms with Crippen LogP contribution >= 0.6 is 0 Å². The van der Waals surface area contributed by atoms with E-state index >= 15 is 0 Å². The van der Waals surface area contributed by atoms with Crippen molar-refractivity contribution in [3.05, 3.63) is 78.1 Å². The molecule has 1 heterocycles. The van der Waals surface area contributed by atoms with Gasteiger partial charge in [-0.15, -0.1) is 0 Å². The summed E-state index contributed by atoms with van der Waals surface area (Å²) < 4.78 is 7.45. The first-order valence-corrected chi connectivity index (χ1v) is 7.70. The molecule has 0 aliphatic carbocycles. The summed E-state index contributed by atoms with van der Waals surface area (Å²) >= 11 is 0. The van der Waals surface area contributed by atoms with Crippen molar-refractivity contribution in [3.63, 3.8) is 0 Å². The number of carbonyl (C=O) groups is 1. The van der Waals surface area contributed by atoms with Gasteiger partial charge in [0.15, 0.2) is 0 Å². The summed E-state index contributed by atoms with van der Waals surface area (Å²) in [6.45, 7) is 1.78. The van der Waals surface area contributed by atoms with Crippen molar-refractivity contribution in [3.8, 4) is 11.1 Å². The Balaban J connectivity index is 1.56. The van der Waals surface area contributed by atoms with Gasteiger partial charge in [-0.05, 0) is 23.3 Å². The van der Waals surface area contributed by atoms with Gasteiger partial charge in [-0.2, -0.15) is 5.10 Å². The zero-order valence-electron chi connectivity index (χ0n) is 13.1. The third-order valence-corrected chi connectivity index (χ3v) is 3.65. The minimum atomic E-state index is -0.932. The summed E-state index contributed by atoms with van der Waals surface area (Å²) in [7, 11) is 0. The highest BCUT2D eigenvalue weighted by Crippen LogP contribution is 2.19. The Morgan fingerprint density at radius 1 is 1.08 bits per heavy atom. The van der Waals surface area contributed by atoms with Crippen molar-refractivity contribution in [1.82, 2.24) is 9.78 Å². The molecule has 0 fully saturated rings. The third kappa shape index (κ3) is 4.08. The van der Waals surface area contributed by atoms with Crippen molar-refractivity contribution in [2.45, 2.75) is 13.2 Å². The van der Waals surface area contributed by atoms with E-state index in [0.717, 1.165) is 16.7 Å². The lowest BCUT2D eigenvalue weighted by molar-refractivity contribution is 0.0697. The monoisotopic (exact) mass is 322 g/mol. The van der Waals surface area contributed by atoms with Crippen molar-refractivity contribution in [1.29, 1.82) is 0 Å². The van der Waals surface area contributed by atoms with Crippen LogP contribution in [0, 0.1) is 0 Å². The number of aromatic nitrogens is 2. The van der Waals surface area contributed by atoms with E-state index in [4.69, 9.17) is 9.84 Å². The highest BCUT2D eigenvalue weighted by atomic mass is 16.5. The van der Waals surface area contributed by atoms with Crippen molar-refractivity contribution >= 4 is 5.97 Å². The van der Waals surface area contributed by atoms with Crippen LogP contribution in [0.3, 0.4) is 0 Å². The molecule has 3 aromatic rings. The molecule has 1 aromatic heterocycles. The van der Waals surface area contributed by atoms with Crippen molar-refractivity contribution in [2.75, 3.05) is 6.61 Å². The standard InChI is InChI=1S/C19H18N2O3/c22-19(23)17-8-4-7-16(11-17)18-12-20-21(13-18)9-10-24-14-15-5-2-1-3-6-15/h1-8,11-13H,9-10,14H2,(H,22,23). The Kier molecular flexibility index (Phi) is 5.03. The van der Waals surface area contributed by atoms with Crippen LogP contribution in [-0.2, 0) is 17.9 Å². The van der Waals surface area contributed by atoms with Gasteiger partial charge in [0.25, 0.3) is 0 Å². The molecule has 1 N–H and O–H groups in total. The van der Waals surface area contributed by atoms with E-state index in [1.807, 2.05) is 42.6 Å². The third-order valence-electron chi connectivity index (χ3n) is 3.65. The molecule has 0 radical (unpaired) electrons. The van der Waals surface area contributed by atoms with Crippen LogP contribution < -0.4 is 0 Å². The van der Waals surface area contributed by atoms with Gasteiger partial charge in [-0.25, -0.2) is 4.79 Å². The number of nitrogens with zero attached hydrogens (tertiary/aromatic N) is 2. The van der Waals surface area contributed by atoms with E-state index in [2.05, 4.69) is 5.10 Å². The van der Waals surface area contributed by atoms with E-state index in [9.17, 15) is 4.79 Å². The van der Waals surface area contributed by atoms with Crippen LogP contribution in [0.15, 0.2) is 67.0 Å². The fraction of sp³-hybridized carbons (Fsp3) is 0.158. The second-order valence-corrected chi connectivity index (χ2v) is 5.42. The quantitative estimate of drug-likeness (QED) is 0.677. The molecule has 0 amide bonds. The van der Waals surface area contributed by atoms with Gasteiger partial charge in [0.05, 0.1) is 31.5 Å². The summed E-state index contributed by atoms with van der Waals surface area (Å²) in [4.78, 5) is 11.0. The number of rotatable bonds is 7. The molecule has 0 spiro atoms. The Bertz CT molecular complexity index is 812. The van der Waals surface area contributed by atoms with E-state index < -0.39 is 5.97 Å². The fourth-order valence-electron chi connectivity index (χ4n) is 2.39. The van der Waals surface area contributed by atoms with Crippen LogP contribution in [0.25, 0.3) is 11.1 Å². The minimum Gasteiger partial charge on any atom is -0.478 e. The average molecular weight is 322 g/mol. The molecule has 0 bridgehead atoms. The second kappa shape index (κ2) is 7.57. The first-order valence-electron chi connectivity index (χ1n) is 7.70. The fourth-order valence-corrected chi connectivity index (χ4v) is 2.39. The highest BCUT2D eigenvalue weighted by Gasteiger charge is 2.06. The Labute approximate surface area is 140 Å². The lowest BCUT2D eigenvalue weighted by Crippen LogP contribution is -2.06. The predicted molar refractivity (Wildman–Crippen MR) is 90.7 cm³/mol. The summed E-state index contributed by atoms with van der Waals surface area (Å²) in [5.41, 5.74) is 3.14. The number of carboxylic acids is 1. The molecule has 0 saturated heterocycles. The van der Waals surface area contributed by atoms with E-state index in [-0.39, 0.29) is 5.56 Å². The molecule has 24 heavy (non-hydrogen) atoms. The minimum absolute atomic E-state index is 0.270. The normalized spacial score (nSPS) is 10.7. The lowest BCUT2D eigenvalue weighted by atomic mass is 10.1. The first-order chi connectivity index (χ1) is 11.7. The number of carboxylic acid groups (broad SMARTS) is 1. The van der Waals surface area contributed by atoms with Gasteiger partial charge in [-0.3, -0.25) is 4.68 Å². The predicted octanol–water partition coefficient (Wildman–Crippen LogP) is 3.47. The van der Waals surface area contributed by atoms with Crippen LogP contribution in [0.1, 0.15) is 15.9 Å². The molecular formula is C19H18N2O3. The van der Waals surface area contributed by atoms with Gasteiger partial charge in [0.2, 0.25) is 0 Å². The number of aromatic carboxylic acids is 1. The van der Waals surface area contributed by atoms with Gasteiger partial charge < -0.3 is 9.84 Å². The van der Waals surface area contributed by atoms with Crippen LogP contribution in [0.4, 0.5) is 0 Å². The summed E-state index contributed by atoms with van der Waals surface area (Å²) in [5.74, 6) is -0.932. The molecule has 122 valence electrons. The maximum Gasteiger partial charge on any atom is 0.335 e. The Morgan fingerprint density at radius 2 is 1.92 bits per heavy atom. The molecule has 3 rings (SSSR count). The van der Waals surface area contributed by atoms with E-state index in [1.165, 1.54) is 0 Å². The van der Waals surface area contributed by atoms with E-state index in [0.29, 0.717) is 19.8 Å². The van der Waals surface area contributed by atoms with Gasteiger partial charge in [0, 0.05) is 11.8 Å². The molecule has 0 aliphatic heterocycles. The van der Waals surface area contributed by atoms with Crippen molar-refractivity contribution in [2.24, 2.45) is 0 Å². The molecule has 0 atom stereocenters. The molecule has 0 saturated carbocycles. The number of benzene rings is 2. The molecule has 0 aliphatic rings. The van der Waals surface area contributed by atoms with Crippen molar-refractivity contribution < 1.29 is 14.6 Å². The molecular weight excluding hydrogens is 304 g/mol. The van der Waals surface area contributed by atoms with Gasteiger partial charge in [0.1, 0.15) is 0 Å². The number of ether oxygens (including phenoxy) is 1. The highest BCUT2D eigenvalue weighted by molar-refractivity contribution is 5.89. The van der Waals surface area contributed by atoms with E-state index in [1.54, 1.807) is 29.1 Å². The maximum atomic E-state index is 11.0. The SMILES string of the molecule is O=C(O)c1cccc(-c2cnn(CCOCc3ccccc3)c2)c1. The Morgan fingerprint density at radius 3 is 2.71 bits per heavy atom. The molecule has 2 aromatic carbocycles. The Hall–Kier alpha value is -2.92. The zero-order valence-corrected chi connectivity index (χ0v) is 13.1. The number of hydrogen-bond acceptors (Lipinski definition) is 3. The topological polar surface area (TPSA) is 64.3 Å². The largest absolute Gasteiger partial charge is 0.478 e. The van der Waals surface area contributed by atoms with Crippen LogP contribution in [0.5, 0.6) is 0 Å². The lowest BCUT2D eigenvalue weighted by Gasteiger charge is -2.04. The first kappa shape index (κ1) is 16.0. The second-order valence-electron chi connectivity index (χ2n) is 5.42. The zero-order chi connectivity index (χ0) is 16.8. The summed E-state index contributed by atoms with van der Waals surface area (Å²) in [6, 6.07) is 16.9. The molecule has 5 nitrogen and oxygen atoms in total. The van der Waals surface area contributed by atoms with Gasteiger partial charge in [-0.1, -0.05) is 42.5 Å². The molecule has 5 heteroatoms. The van der Waals surface area contributed by atoms with Crippen LogP contribution in [0.2, 0.25) is 0 Å². The van der Waals surface area contributed by atoms with Crippen LogP contribution in [-0.4, -0.2) is 27.5 Å². The maximum absolute atomic E-state index is 11.0. The molecule has 0 unspecified atom stereocenters. The number of hydrogen-bond donors (Lipinski definition) is 1. The smallest absolute Gasteiger partial charge is 0.335 e. The summed E-state index contributed by atoms with van der Waals surface area (Å²) in [5, 5.41) is 13.4.